The third-order valence-electron chi connectivity index (χ3n) is 9.06. The van der Waals surface area contributed by atoms with Crippen molar-refractivity contribution in [2.45, 2.75) is 89.4 Å². The molecule has 4 aromatic heterocycles. The van der Waals surface area contributed by atoms with Gasteiger partial charge in [-0.25, -0.2) is 29.9 Å². The third kappa shape index (κ3) is 18.2. The van der Waals surface area contributed by atoms with Gasteiger partial charge < -0.3 is 86.5 Å². The van der Waals surface area contributed by atoms with Gasteiger partial charge in [0.15, 0.2) is 65.7 Å². The smallest absolute Gasteiger partial charge is 0.779 e. The van der Waals surface area contributed by atoms with Crippen LogP contribution >= 0.6 is 63.8 Å². The van der Waals surface area contributed by atoms with Crippen molar-refractivity contribution in [1.29, 1.82) is 0 Å². The molecule has 2 fully saturated rings. The molecular weight excluding hydrogens is 1210 g/mol. The van der Waals surface area contributed by atoms with Crippen LogP contribution in [-0.4, -0.2) is 138 Å². The number of imidazole rings is 2. The largest absolute Gasteiger partial charge is 1.00 e. The molecule has 26 nitrogen and oxygen atoms in total. The number of hydrogen-bond donors (Lipinski definition) is 6. The first-order chi connectivity index (χ1) is 31.3. The number of hydrogen-bond acceptors (Lipinski definition) is 28. The molecule has 13 atom stereocenters. The number of ether oxygens (including phenoxy) is 2. The molecule has 382 valence electrons. The summed E-state index contributed by atoms with van der Waals surface area (Å²) in [6, 6.07) is 0. The minimum Gasteiger partial charge on any atom is -0.779 e. The van der Waals surface area contributed by atoms with Gasteiger partial charge in [-0.1, -0.05) is 35.3 Å². The van der Waals surface area contributed by atoms with Crippen molar-refractivity contribution >= 4 is 122 Å². The molecule has 0 spiro atoms. The summed E-state index contributed by atoms with van der Waals surface area (Å²) < 4.78 is 146. The van der Waals surface area contributed by atoms with E-state index in [4.69, 9.17) is 41.6 Å². The minimum atomic E-state index is -6.28. The maximum Gasteiger partial charge on any atom is 1.00 e. The Balaban J connectivity index is 0.00000444. The minimum absolute atomic E-state index is 0. The Morgan fingerprint density at radius 3 is 1.49 bits per heavy atom. The summed E-state index contributed by atoms with van der Waals surface area (Å²) >= 11 is 15.9. The van der Waals surface area contributed by atoms with E-state index in [1.807, 2.05) is 0 Å². The van der Waals surface area contributed by atoms with Gasteiger partial charge in [0, 0.05) is 11.5 Å². The molecule has 45 heteroatoms. The van der Waals surface area contributed by atoms with E-state index < -0.39 is 133 Å². The average Bonchev–Trinajstić information content (AvgIpc) is 3.96. The summed E-state index contributed by atoms with van der Waals surface area (Å²) in [4.78, 5) is 59.2. The number of thioether (sulfide) groups is 2. The first kappa shape index (κ1) is 70.5. The summed E-state index contributed by atoms with van der Waals surface area (Å²) in [7, 11) is -12.6. The SMILES string of the molecule is Nc1nc(SCCC(F)(F)F)nc2c1ncn2[C@@H]1O[C@H](COP(=O)([S-])OP(=O)([O-])C(Cl)P(=O)([O-])OP([O-])(=S)OC[C@H]2O[C@@H](n3cnc4c(N)nc(SCCC(F)(F)F)nc43)[C@H](O)[C@@H]2O)[C@@H](O)[C@H]1O.[Na+].[Na+].[Na+].[Na+]. The predicted octanol–water partition coefficient (Wildman–Crippen LogP) is -10.9. The van der Waals surface area contributed by atoms with Gasteiger partial charge in [-0.15, -0.1) is 11.6 Å². The zero-order chi connectivity index (χ0) is 50.5. The van der Waals surface area contributed by atoms with Crippen molar-refractivity contribution in [3.8, 4) is 0 Å². The fraction of sp³-hybridized carbons (Fsp3) is 0.630. The molecule has 0 amide bonds. The van der Waals surface area contributed by atoms with Crippen molar-refractivity contribution in [2.24, 2.45) is 0 Å². The Kier molecular flexibility index (Phi) is 27.4. The van der Waals surface area contributed by atoms with Crippen LogP contribution in [0, 0.1) is 0 Å². The number of nitrogens with two attached hydrogens (primary N) is 2. The quantitative estimate of drug-likeness (QED) is 0.00910. The number of nitrogens with zero attached hydrogens (tertiary/aromatic N) is 8. The Morgan fingerprint density at radius 1 is 0.722 bits per heavy atom. The normalized spacial score (nSPS) is 26.3. The zero-order valence-corrected chi connectivity index (χ0v) is 52.7. The van der Waals surface area contributed by atoms with Crippen LogP contribution in [0.2, 0.25) is 0 Å². The summed E-state index contributed by atoms with van der Waals surface area (Å²) in [6.07, 6.45) is -23.5. The van der Waals surface area contributed by atoms with Crippen LogP contribution in [0.1, 0.15) is 25.3 Å². The molecule has 2 aliphatic rings. The third-order valence-corrected chi connectivity index (χ3v) is 21.1. The molecule has 6 rings (SSSR count). The van der Waals surface area contributed by atoms with E-state index >= 15 is 0 Å². The van der Waals surface area contributed by atoms with E-state index in [9.17, 15) is 75.1 Å². The first-order valence-electron chi connectivity index (χ1n) is 18.3. The Labute approximate surface area is 513 Å². The molecule has 2 aliphatic heterocycles. The van der Waals surface area contributed by atoms with Crippen molar-refractivity contribution < 1.29 is 221 Å². The molecule has 72 heavy (non-hydrogen) atoms. The monoisotopic (exact) mass is 1240 g/mol. The fourth-order valence-electron chi connectivity index (χ4n) is 5.95. The molecule has 5 unspecified atom stereocenters. The molecule has 0 aromatic carbocycles. The number of halogens is 7. The van der Waals surface area contributed by atoms with E-state index in [1.54, 1.807) is 0 Å². The molecule has 0 saturated carbocycles. The summed E-state index contributed by atoms with van der Waals surface area (Å²) in [6.45, 7) is -13.1. The molecule has 6 heterocycles. The van der Waals surface area contributed by atoms with Gasteiger partial charge >= 0.3 is 131 Å². The number of nitrogen functional groups attached to an aromatic ring is 2. The van der Waals surface area contributed by atoms with Crippen LogP contribution in [0.4, 0.5) is 38.0 Å². The number of rotatable bonds is 20. The second-order valence-electron chi connectivity index (χ2n) is 14.0. The van der Waals surface area contributed by atoms with E-state index in [0.29, 0.717) is 23.5 Å². The Morgan fingerprint density at radius 2 is 1.10 bits per heavy atom. The van der Waals surface area contributed by atoms with Gasteiger partial charge in [-0.2, -0.15) is 26.3 Å². The fourth-order valence-corrected chi connectivity index (χ4v) is 16.3. The number of fused-ring (bicyclic) bond motifs is 2. The molecule has 0 bridgehead atoms. The maximum absolute atomic E-state index is 13.0. The van der Waals surface area contributed by atoms with Crippen LogP contribution in [-0.2, 0) is 64.9 Å². The van der Waals surface area contributed by atoms with E-state index in [1.165, 1.54) is 0 Å². The molecule has 4 aromatic rings. The average molecular weight is 1250 g/mol. The molecule has 2 saturated heterocycles. The molecular formula is C27H31ClF6N10Na4O16P4S4. The molecule has 0 radical (unpaired) electrons. The molecule has 0 aliphatic carbocycles. The van der Waals surface area contributed by atoms with Gasteiger partial charge in [0.05, 0.1) is 38.7 Å². The van der Waals surface area contributed by atoms with Crippen LogP contribution in [0.25, 0.3) is 22.3 Å². The van der Waals surface area contributed by atoms with E-state index in [0.717, 1.165) is 21.8 Å². The Hall–Kier alpha value is 2.44. The molecule has 8 N–H and O–H groups in total. The van der Waals surface area contributed by atoms with Gasteiger partial charge in [-0.3, -0.25) is 22.3 Å². The summed E-state index contributed by atoms with van der Waals surface area (Å²) in [5, 5.41) is 42.4. The van der Waals surface area contributed by atoms with Crippen LogP contribution in [0.3, 0.4) is 0 Å². The van der Waals surface area contributed by atoms with Crippen LogP contribution in [0.15, 0.2) is 23.0 Å². The van der Waals surface area contributed by atoms with Gasteiger partial charge in [0.2, 0.25) is 6.80 Å². The van der Waals surface area contributed by atoms with Crippen LogP contribution < -0.4 is 144 Å². The second kappa shape index (κ2) is 27.9. The predicted molar refractivity (Wildman–Crippen MR) is 222 cm³/mol. The number of anilines is 2. The van der Waals surface area contributed by atoms with Crippen molar-refractivity contribution in [3.05, 3.63) is 12.7 Å². The van der Waals surface area contributed by atoms with Gasteiger partial charge in [0.25, 0.3) is 0 Å². The summed E-state index contributed by atoms with van der Waals surface area (Å²) in [5.74, 6) is -1.50. The number of alkyl halides is 7. The van der Waals surface area contributed by atoms with Crippen molar-refractivity contribution in [1.82, 2.24) is 39.0 Å². The maximum atomic E-state index is 13.0. The van der Waals surface area contributed by atoms with E-state index in [-0.39, 0.29) is 163 Å². The van der Waals surface area contributed by atoms with Crippen LogP contribution in [0.5, 0.6) is 0 Å². The van der Waals surface area contributed by atoms with Crippen molar-refractivity contribution in [2.75, 3.05) is 36.2 Å². The standard InChI is InChI=1S/C27H35ClF6N10O16P4S4.4Na/c28-23(61(49,50)59-63(53,65)55-5-9-13(45)15(47)21(57-9)43-7-37-11-17(35)39-24(41-19(11)43)67-3-1-26(29,30)31)62(51,52)60-64(54,66)56-6-10-14(46)16(48)22(58-10)44-8-38-12-18(36)40-25(42-20(12)44)68-4-2-27(32,33)34;;;;/h7-10,13-16,21-23,45-48H,1-6H2,(H,49,50)(H,51,52)(H,53,65)(H,54,66)(H2,35,39,41)(H2,36,40,42);;;;/q;4*+1/p-4/t9-,10-,13-,14-,15-,16-,21-,22-,23?,63?,64?;;;;/m1..../s1. The van der Waals surface area contributed by atoms with E-state index in [2.05, 4.69) is 62.6 Å². The van der Waals surface area contributed by atoms with Gasteiger partial charge in [0.1, 0.15) is 54.4 Å². The topological polar surface area (TPSA) is 396 Å². The number of aliphatic hydroxyl groups excluding tert-OH is 4. The van der Waals surface area contributed by atoms with Crippen molar-refractivity contribution in [3.63, 3.8) is 0 Å². The van der Waals surface area contributed by atoms with Gasteiger partial charge in [-0.05, 0) is 0 Å². The summed E-state index contributed by atoms with van der Waals surface area (Å²) in [5.41, 5.74) is 11.2. The second-order valence-corrected chi connectivity index (χ2v) is 27.1. The Bertz CT molecular complexity index is 2540. The number of aliphatic hydroxyl groups is 4. The first-order valence-corrected chi connectivity index (χ1v) is 29.0. The number of aromatic nitrogens is 8. The zero-order valence-electron chi connectivity index (χ0n) is 37.1.